The Hall–Kier alpha value is -1.21. The third kappa shape index (κ3) is 4.50. The van der Waals surface area contributed by atoms with Gasteiger partial charge < -0.3 is 5.32 Å². The number of carbonyl (C=O) groups excluding carboxylic acids is 2. The first-order chi connectivity index (χ1) is 11.4. The summed E-state index contributed by atoms with van der Waals surface area (Å²) >= 11 is 6.95. The van der Waals surface area contributed by atoms with Crippen molar-refractivity contribution in [3.63, 3.8) is 0 Å². The van der Waals surface area contributed by atoms with E-state index in [4.69, 9.17) is 0 Å². The third-order valence-corrected chi connectivity index (χ3v) is 6.61. The highest BCUT2D eigenvalue weighted by Crippen LogP contribution is 2.66. The van der Waals surface area contributed by atoms with Crippen LogP contribution in [0.15, 0.2) is 29.4 Å². The molecule has 1 aromatic carbocycles. The highest BCUT2D eigenvalue weighted by Gasteiger charge is 2.66. The summed E-state index contributed by atoms with van der Waals surface area (Å²) < 4.78 is -0.350. The summed E-state index contributed by atoms with van der Waals surface area (Å²) in [5, 5.41) is 7.09. The van der Waals surface area contributed by atoms with Crippen LogP contribution < -0.4 is 10.7 Å². The number of nitrogens with zero attached hydrogens (tertiary/aromatic N) is 1. The highest BCUT2D eigenvalue weighted by atomic mass is 79.9. The lowest BCUT2D eigenvalue weighted by atomic mass is 9.95. The number of nitrogens with one attached hydrogen (secondary N) is 2. The van der Waals surface area contributed by atoms with Crippen molar-refractivity contribution >= 4 is 55.1 Å². The molecule has 0 spiro atoms. The second-order valence-electron chi connectivity index (χ2n) is 7.64. The second kappa shape index (κ2) is 6.83. The normalized spacial score (nSPS) is 22.3. The number of alkyl halides is 2. The van der Waals surface area contributed by atoms with E-state index in [0.717, 1.165) is 5.56 Å². The molecule has 0 aromatic heterocycles. The Morgan fingerprint density at radius 2 is 1.84 bits per heavy atom. The van der Waals surface area contributed by atoms with Crippen molar-refractivity contribution in [2.24, 2.45) is 15.9 Å². The molecule has 0 aliphatic heterocycles. The van der Waals surface area contributed by atoms with Gasteiger partial charge in [0.2, 0.25) is 11.8 Å². The van der Waals surface area contributed by atoms with Crippen LogP contribution in [0.2, 0.25) is 0 Å². The van der Waals surface area contributed by atoms with Crippen LogP contribution in [0.4, 0.5) is 5.69 Å². The van der Waals surface area contributed by atoms with Crippen LogP contribution in [0.25, 0.3) is 0 Å². The molecule has 2 N–H and O–H groups in total. The molecule has 1 aromatic rings. The summed E-state index contributed by atoms with van der Waals surface area (Å²) in [5.74, 6) is -0.196. The molecule has 2 rings (SSSR count). The SMILES string of the molecule is CC(=NNC(=O)[C@]1(C)CC1(Br)Br)c1cccc(NC(=O)C(C)(C)C)c1. The molecule has 25 heavy (non-hydrogen) atoms. The van der Waals surface area contributed by atoms with E-state index in [-0.39, 0.29) is 15.0 Å². The first kappa shape index (κ1) is 20.1. The van der Waals surface area contributed by atoms with E-state index in [9.17, 15) is 9.59 Å². The molecule has 0 unspecified atom stereocenters. The van der Waals surface area contributed by atoms with Crippen molar-refractivity contribution in [1.82, 2.24) is 5.43 Å². The van der Waals surface area contributed by atoms with Gasteiger partial charge in [-0.1, -0.05) is 64.8 Å². The lowest BCUT2D eigenvalue weighted by Crippen LogP contribution is -2.30. The first-order valence-electron chi connectivity index (χ1n) is 8.01. The number of amides is 2. The highest BCUT2D eigenvalue weighted by molar-refractivity contribution is 9.25. The predicted molar refractivity (Wildman–Crippen MR) is 108 cm³/mol. The van der Waals surface area contributed by atoms with Crippen molar-refractivity contribution in [2.45, 2.75) is 44.3 Å². The zero-order valence-electron chi connectivity index (χ0n) is 15.0. The van der Waals surface area contributed by atoms with Gasteiger partial charge in [0, 0.05) is 11.1 Å². The summed E-state index contributed by atoms with van der Waals surface area (Å²) in [6.45, 7) is 9.27. The molecule has 1 atom stereocenters. The van der Waals surface area contributed by atoms with Gasteiger partial charge in [0.15, 0.2) is 0 Å². The van der Waals surface area contributed by atoms with E-state index >= 15 is 0 Å². The number of hydrazone groups is 1. The lowest BCUT2D eigenvalue weighted by Gasteiger charge is -2.18. The van der Waals surface area contributed by atoms with Gasteiger partial charge in [-0.05, 0) is 38.0 Å². The van der Waals surface area contributed by atoms with Crippen molar-refractivity contribution < 1.29 is 9.59 Å². The molecule has 1 saturated carbocycles. The van der Waals surface area contributed by atoms with Crippen LogP contribution in [0, 0.1) is 10.8 Å². The number of benzene rings is 1. The van der Waals surface area contributed by atoms with Gasteiger partial charge in [-0.3, -0.25) is 9.59 Å². The maximum atomic E-state index is 12.3. The number of hydrogen-bond acceptors (Lipinski definition) is 3. The Bertz CT molecular complexity index is 738. The summed E-state index contributed by atoms with van der Waals surface area (Å²) in [5.41, 5.74) is 3.84. The Morgan fingerprint density at radius 3 is 2.36 bits per heavy atom. The molecule has 5 nitrogen and oxygen atoms in total. The molecule has 0 heterocycles. The number of halogens is 2. The molecular formula is C18H23Br2N3O2. The largest absolute Gasteiger partial charge is 0.326 e. The summed E-state index contributed by atoms with van der Waals surface area (Å²) in [4.78, 5) is 24.4. The standard InChI is InChI=1S/C18H23Br2N3O2/c1-11(22-23-15(25)17(5)10-18(17,19)20)12-7-6-8-13(9-12)21-14(24)16(2,3)4/h6-9H,10H2,1-5H3,(H,21,24)(H,23,25)/t17-/m0/s1. The Labute approximate surface area is 165 Å². The Kier molecular flexibility index (Phi) is 5.50. The maximum Gasteiger partial charge on any atom is 0.248 e. The maximum absolute atomic E-state index is 12.3. The molecule has 1 aliphatic carbocycles. The Balaban J connectivity index is 2.07. The van der Waals surface area contributed by atoms with E-state index in [1.54, 1.807) is 0 Å². The van der Waals surface area contributed by atoms with Crippen LogP contribution in [-0.4, -0.2) is 20.8 Å². The fraction of sp³-hybridized carbons (Fsp3) is 0.500. The van der Waals surface area contributed by atoms with Crippen LogP contribution in [-0.2, 0) is 9.59 Å². The number of carbonyl (C=O) groups is 2. The smallest absolute Gasteiger partial charge is 0.248 e. The average molecular weight is 473 g/mol. The van der Waals surface area contributed by atoms with Crippen LogP contribution in [0.5, 0.6) is 0 Å². The molecule has 1 aliphatic rings. The summed E-state index contributed by atoms with van der Waals surface area (Å²) in [7, 11) is 0. The van der Waals surface area contributed by atoms with Gasteiger partial charge in [0.1, 0.15) is 0 Å². The zero-order valence-corrected chi connectivity index (χ0v) is 18.2. The minimum atomic E-state index is -0.515. The van der Waals surface area contributed by atoms with Gasteiger partial charge in [-0.25, -0.2) is 5.43 Å². The lowest BCUT2D eigenvalue weighted by molar-refractivity contribution is -0.125. The summed E-state index contributed by atoms with van der Waals surface area (Å²) in [6.07, 6.45) is 0.703. The molecule has 7 heteroatoms. The molecule has 0 bridgehead atoms. The monoisotopic (exact) mass is 471 g/mol. The van der Waals surface area contributed by atoms with Gasteiger partial charge in [-0.2, -0.15) is 5.10 Å². The van der Waals surface area contributed by atoms with Crippen molar-refractivity contribution in [1.29, 1.82) is 0 Å². The minimum absolute atomic E-state index is 0.0554. The van der Waals surface area contributed by atoms with Gasteiger partial charge in [0.25, 0.3) is 0 Å². The van der Waals surface area contributed by atoms with Gasteiger partial charge >= 0.3 is 0 Å². The summed E-state index contributed by atoms with van der Waals surface area (Å²) in [6, 6.07) is 7.40. The van der Waals surface area contributed by atoms with Crippen LogP contribution in [0.1, 0.15) is 46.6 Å². The molecule has 2 amide bonds. The fourth-order valence-electron chi connectivity index (χ4n) is 2.11. The quantitative estimate of drug-likeness (QED) is 0.387. The first-order valence-corrected chi connectivity index (χ1v) is 9.60. The van der Waals surface area contributed by atoms with Gasteiger partial charge in [-0.15, -0.1) is 0 Å². The van der Waals surface area contributed by atoms with E-state index < -0.39 is 10.8 Å². The average Bonchev–Trinajstić information content (AvgIpc) is 3.03. The Morgan fingerprint density at radius 1 is 1.24 bits per heavy atom. The fourth-order valence-corrected chi connectivity index (χ4v) is 3.59. The molecule has 1 fully saturated rings. The topological polar surface area (TPSA) is 70.6 Å². The van der Waals surface area contributed by atoms with Crippen LogP contribution in [0.3, 0.4) is 0 Å². The number of rotatable bonds is 4. The molecule has 0 saturated heterocycles. The van der Waals surface area contributed by atoms with E-state index in [1.165, 1.54) is 0 Å². The van der Waals surface area contributed by atoms with Crippen molar-refractivity contribution in [3.8, 4) is 0 Å². The minimum Gasteiger partial charge on any atom is -0.326 e. The van der Waals surface area contributed by atoms with Crippen molar-refractivity contribution in [3.05, 3.63) is 29.8 Å². The molecule has 0 radical (unpaired) electrons. The second-order valence-corrected chi connectivity index (χ2v) is 11.4. The molecular weight excluding hydrogens is 450 g/mol. The third-order valence-electron chi connectivity index (χ3n) is 4.30. The number of hydrogen-bond donors (Lipinski definition) is 2. The van der Waals surface area contributed by atoms with Crippen LogP contribution >= 0.6 is 31.9 Å². The van der Waals surface area contributed by atoms with E-state index in [0.29, 0.717) is 17.8 Å². The predicted octanol–water partition coefficient (Wildman–Crippen LogP) is 4.41. The van der Waals surface area contributed by atoms with Crippen molar-refractivity contribution in [2.75, 3.05) is 5.32 Å². The van der Waals surface area contributed by atoms with E-state index in [2.05, 4.69) is 47.7 Å². The van der Waals surface area contributed by atoms with Gasteiger partial charge in [0.05, 0.1) is 14.4 Å². The van der Waals surface area contributed by atoms with E-state index in [1.807, 2.05) is 58.9 Å². The number of anilines is 1. The molecule has 136 valence electrons. The zero-order chi connectivity index (χ0) is 19.0.